The van der Waals surface area contributed by atoms with Crippen molar-refractivity contribution in [3.63, 3.8) is 0 Å². The van der Waals surface area contributed by atoms with Gasteiger partial charge in [0.1, 0.15) is 5.52 Å². The third kappa shape index (κ3) is 5.64. The number of aromatic nitrogens is 1. The Morgan fingerprint density at radius 1 is 1.14 bits per heavy atom. The van der Waals surface area contributed by atoms with E-state index in [0.717, 1.165) is 34.7 Å². The molecule has 0 saturated heterocycles. The van der Waals surface area contributed by atoms with Crippen molar-refractivity contribution in [3.05, 3.63) is 53.1 Å². The number of hydrogen-bond donors (Lipinski definition) is 0. The molecule has 29 heavy (non-hydrogen) atoms. The van der Waals surface area contributed by atoms with Gasteiger partial charge in [0.05, 0.1) is 9.72 Å². The van der Waals surface area contributed by atoms with Gasteiger partial charge in [0.2, 0.25) is 0 Å². The number of anilines is 1. The first-order chi connectivity index (χ1) is 13.6. The number of nitrogens with zero attached hydrogens (tertiary/aromatic N) is 3. The Morgan fingerprint density at radius 3 is 2.52 bits per heavy atom. The molecule has 2 aromatic carbocycles. The van der Waals surface area contributed by atoms with Gasteiger partial charge < -0.3 is 4.90 Å². The lowest BCUT2D eigenvalue weighted by atomic mass is 10.2. The Labute approximate surface area is 191 Å². The minimum absolute atomic E-state index is 0. The number of thioether (sulfide) groups is 1. The van der Waals surface area contributed by atoms with Crippen LogP contribution < -0.4 is 4.90 Å². The van der Waals surface area contributed by atoms with Crippen molar-refractivity contribution in [1.29, 1.82) is 0 Å². The molecule has 0 bridgehead atoms. The molecule has 4 nitrogen and oxygen atoms in total. The molecule has 0 atom stereocenters. The first kappa shape index (κ1) is 24.0. The van der Waals surface area contributed by atoms with Gasteiger partial charge in [0.15, 0.2) is 5.13 Å². The van der Waals surface area contributed by atoms with Crippen molar-refractivity contribution in [3.8, 4) is 0 Å². The van der Waals surface area contributed by atoms with Crippen LogP contribution in [0.15, 0.2) is 47.4 Å². The number of rotatable bonds is 8. The summed E-state index contributed by atoms with van der Waals surface area (Å²) in [5, 5.41) is 1.30. The van der Waals surface area contributed by atoms with Gasteiger partial charge in [-0.1, -0.05) is 48.9 Å². The molecule has 0 saturated carbocycles. The topological polar surface area (TPSA) is 36.4 Å². The van der Waals surface area contributed by atoms with E-state index in [9.17, 15) is 4.79 Å². The quantitative estimate of drug-likeness (QED) is 0.374. The highest BCUT2D eigenvalue weighted by Crippen LogP contribution is 2.33. The van der Waals surface area contributed by atoms with Gasteiger partial charge in [0.25, 0.3) is 5.91 Å². The molecule has 0 aliphatic heterocycles. The summed E-state index contributed by atoms with van der Waals surface area (Å²) in [6, 6.07) is 13.5. The molecule has 156 valence electrons. The number of hydrogen-bond acceptors (Lipinski definition) is 5. The van der Waals surface area contributed by atoms with Crippen LogP contribution in [0, 0.1) is 0 Å². The summed E-state index contributed by atoms with van der Waals surface area (Å²) in [7, 11) is 0. The maximum atomic E-state index is 13.4. The molecule has 1 heterocycles. The third-order valence-corrected chi connectivity index (χ3v) is 6.76. The number of fused-ring (bicyclic) bond motifs is 1. The van der Waals surface area contributed by atoms with Gasteiger partial charge >= 0.3 is 0 Å². The van der Waals surface area contributed by atoms with Gasteiger partial charge in [0, 0.05) is 23.5 Å². The minimum atomic E-state index is -0.0294. The molecule has 1 amide bonds. The number of thiazole rings is 1. The molecule has 0 unspecified atom stereocenters. The lowest BCUT2D eigenvalue weighted by Gasteiger charge is -2.24. The first-order valence-electron chi connectivity index (χ1n) is 9.30. The van der Waals surface area contributed by atoms with E-state index in [0.29, 0.717) is 22.3 Å². The minimum Gasteiger partial charge on any atom is -0.302 e. The summed E-state index contributed by atoms with van der Waals surface area (Å²) >= 11 is 9.45. The van der Waals surface area contributed by atoms with Crippen LogP contribution in [-0.4, -0.2) is 48.2 Å². The van der Waals surface area contributed by atoms with Crippen molar-refractivity contribution in [2.24, 2.45) is 0 Å². The number of carbonyl (C=O) groups excluding carboxylic acids is 1. The summed E-state index contributed by atoms with van der Waals surface area (Å²) in [6.07, 6.45) is 2.01. The fourth-order valence-corrected chi connectivity index (χ4v) is 4.75. The Kier molecular flexibility index (Phi) is 9.24. The van der Waals surface area contributed by atoms with Gasteiger partial charge in [-0.05, 0) is 49.7 Å². The Morgan fingerprint density at radius 2 is 1.86 bits per heavy atom. The van der Waals surface area contributed by atoms with E-state index in [1.807, 2.05) is 48.7 Å². The Hall–Kier alpha value is -1.31. The summed E-state index contributed by atoms with van der Waals surface area (Å²) in [6.45, 7) is 7.55. The second kappa shape index (κ2) is 11.2. The Balaban J connectivity index is 0.00000300. The van der Waals surface area contributed by atoms with Crippen molar-refractivity contribution < 1.29 is 4.79 Å². The molecule has 3 rings (SSSR count). The van der Waals surface area contributed by atoms with Gasteiger partial charge in [-0.2, -0.15) is 0 Å². The van der Waals surface area contributed by atoms with Crippen molar-refractivity contribution in [2.75, 3.05) is 37.3 Å². The number of para-hydroxylation sites is 1. The van der Waals surface area contributed by atoms with E-state index in [1.165, 1.54) is 11.3 Å². The molecular weight excluding hydrogens is 445 g/mol. The molecule has 3 aromatic rings. The lowest BCUT2D eigenvalue weighted by Crippen LogP contribution is -2.38. The average molecular weight is 470 g/mol. The van der Waals surface area contributed by atoms with Crippen LogP contribution in [0.1, 0.15) is 24.2 Å². The standard InChI is InChI=1S/C21H24ClN3OS2.ClH/c1-4-24(5-2)12-13-25(20(26)15-8-6-9-16(14-15)27-3)21-23-19-17(22)10-7-11-18(19)28-21;/h6-11,14H,4-5,12-13H2,1-3H3;1H. The molecule has 0 spiro atoms. The molecule has 0 fully saturated rings. The number of amides is 1. The highest BCUT2D eigenvalue weighted by atomic mass is 35.5. The number of carbonyl (C=O) groups is 1. The molecule has 0 N–H and O–H groups in total. The first-order valence-corrected chi connectivity index (χ1v) is 11.7. The predicted octanol–water partition coefficient (Wildman–Crippen LogP) is 6.08. The van der Waals surface area contributed by atoms with Crippen LogP contribution >= 0.6 is 47.1 Å². The molecular formula is C21H25Cl2N3OS2. The van der Waals surface area contributed by atoms with Crippen LogP contribution in [-0.2, 0) is 0 Å². The van der Waals surface area contributed by atoms with Crippen LogP contribution in [0.2, 0.25) is 5.02 Å². The summed E-state index contributed by atoms with van der Waals surface area (Å²) in [5.41, 5.74) is 1.43. The monoisotopic (exact) mass is 469 g/mol. The smallest absolute Gasteiger partial charge is 0.260 e. The summed E-state index contributed by atoms with van der Waals surface area (Å²) in [4.78, 5) is 23.3. The maximum Gasteiger partial charge on any atom is 0.260 e. The number of likely N-dealkylation sites (N-methyl/N-ethyl adjacent to an activating group) is 1. The fourth-order valence-electron chi connectivity index (χ4n) is 3.00. The summed E-state index contributed by atoms with van der Waals surface area (Å²) in [5.74, 6) is -0.0294. The normalized spacial score (nSPS) is 10.9. The van der Waals surface area contributed by atoms with Gasteiger partial charge in [-0.25, -0.2) is 4.98 Å². The maximum absolute atomic E-state index is 13.4. The zero-order valence-electron chi connectivity index (χ0n) is 16.7. The van der Waals surface area contributed by atoms with Crippen LogP contribution in [0.4, 0.5) is 5.13 Å². The van der Waals surface area contributed by atoms with Crippen LogP contribution in [0.5, 0.6) is 0 Å². The Bertz CT molecular complexity index is 960. The predicted molar refractivity (Wildman–Crippen MR) is 130 cm³/mol. The highest BCUT2D eigenvalue weighted by Gasteiger charge is 2.22. The van der Waals surface area contributed by atoms with Crippen molar-refractivity contribution >= 4 is 68.4 Å². The summed E-state index contributed by atoms with van der Waals surface area (Å²) < 4.78 is 0.987. The second-order valence-corrected chi connectivity index (χ2v) is 8.59. The molecule has 1 aromatic heterocycles. The number of halogens is 2. The van der Waals surface area contributed by atoms with Crippen LogP contribution in [0.3, 0.4) is 0 Å². The van der Waals surface area contributed by atoms with E-state index in [-0.39, 0.29) is 18.3 Å². The average Bonchev–Trinajstić information content (AvgIpc) is 3.16. The van der Waals surface area contributed by atoms with Gasteiger partial charge in [-0.15, -0.1) is 24.2 Å². The number of benzene rings is 2. The lowest BCUT2D eigenvalue weighted by molar-refractivity contribution is 0.0983. The van der Waals surface area contributed by atoms with E-state index in [1.54, 1.807) is 16.7 Å². The fraction of sp³-hybridized carbons (Fsp3) is 0.333. The van der Waals surface area contributed by atoms with Gasteiger partial charge in [-0.3, -0.25) is 9.69 Å². The van der Waals surface area contributed by atoms with E-state index >= 15 is 0 Å². The van der Waals surface area contributed by atoms with Crippen LogP contribution in [0.25, 0.3) is 10.2 Å². The molecule has 0 aliphatic rings. The third-order valence-electron chi connectivity index (χ3n) is 4.69. The van der Waals surface area contributed by atoms with E-state index in [4.69, 9.17) is 16.6 Å². The zero-order valence-corrected chi connectivity index (χ0v) is 19.9. The molecule has 0 aliphatic carbocycles. The van der Waals surface area contributed by atoms with Crippen molar-refractivity contribution in [2.45, 2.75) is 18.7 Å². The molecule has 0 radical (unpaired) electrons. The largest absolute Gasteiger partial charge is 0.302 e. The van der Waals surface area contributed by atoms with E-state index in [2.05, 4.69) is 18.7 Å². The van der Waals surface area contributed by atoms with Crippen molar-refractivity contribution in [1.82, 2.24) is 9.88 Å². The zero-order chi connectivity index (χ0) is 20.1. The highest BCUT2D eigenvalue weighted by molar-refractivity contribution is 7.98. The second-order valence-electron chi connectivity index (χ2n) is 6.30. The van der Waals surface area contributed by atoms with E-state index < -0.39 is 0 Å². The molecule has 8 heteroatoms. The SMILES string of the molecule is CCN(CC)CCN(C(=O)c1cccc(SC)c1)c1nc2c(Cl)cccc2s1.Cl.